The van der Waals surface area contributed by atoms with Crippen LogP contribution in [-0.2, 0) is 4.84 Å². The highest BCUT2D eigenvalue weighted by molar-refractivity contribution is 5.86. The van der Waals surface area contributed by atoms with Crippen LogP contribution < -0.4 is 5.32 Å². The summed E-state index contributed by atoms with van der Waals surface area (Å²) in [7, 11) is 0. The molecule has 1 N–H and O–H groups in total. The topological polar surface area (TPSA) is 24.5 Å². The Kier molecular flexibility index (Phi) is 3.78. The highest BCUT2D eigenvalue weighted by atomic mass is 16.7. The molecule has 1 saturated heterocycles. The third kappa shape index (κ3) is 2.50. The molecule has 1 aliphatic rings. The number of hydrogen-bond acceptors (Lipinski definition) is 3. The zero-order valence-corrected chi connectivity index (χ0v) is 11.3. The number of hydrogen-bond donors (Lipinski definition) is 1. The van der Waals surface area contributed by atoms with Crippen molar-refractivity contribution >= 4 is 10.8 Å². The Morgan fingerprint density at radius 1 is 1.21 bits per heavy atom. The Balaban J connectivity index is 1.94. The van der Waals surface area contributed by atoms with Gasteiger partial charge in [-0.3, -0.25) is 10.2 Å². The highest BCUT2D eigenvalue weighted by Crippen LogP contribution is 2.28. The van der Waals surface area contributed by atoms with E-state index in [4.69, 9.17) is 4.84 Å². The van der Waals surface area contributed by atoms with Gasteiger partial charge in [-0.1, -0.05) is 49.4 Å². The van der Waals surface area contributed by atoms with E-state index >= 15 is 0 Å². The molecule has 1 aliphatic heterocycles. The zero-order valence-electron chi connectivity index (χ0n) is 11.3. The Hall–Kier alpha value is -1.42. The summed E-state index contributed by atoms with van der Waals surface area (Å²) in [4.78, 5) is 5.84. The average Bonchev–Trinajstić information content (AvgIpc) is 2.92. The van der Waals surface area contributed by atoms with E-state index in [0.717, 1.165) is 26.1 Å². The smallest absolute Gasteiger partial charge is 0.111 e. The summed E-state index contributed by atoms with van der Waals surface area (Å²) in [5, 5.41) is 8.18. The molecule has 1 fully saturated rings. The van der Waals surface area contributed by atoms with E-state index in [1.807, 2.05) is 0 Å². The molecule has 1 unspecified atom stereocenters. The first-order chi connectivity index (χ1) is 9.40. The van der Waals surface area contributed by atoms with Crippen LogP contribution in [0.1, 0.15) is 25.1 Å². The van der Waals surface area contributed by atoms with Crippen LogP contribution in [0.25, 0.3) is 10.8 Å². The van der Waals surface area contributed by atoms with Crippen molar-refractivity contribution in [2.75, 3.05) is 19.7 Å². The predicted octanol–water partition coefficient (Wildman–Crippen LogP) is 3.09. The maximum atomic E-state index is 5.84. The van der Waals surface area contributed by atoms with Gasteiger partial charge in [-0.2, -0.15) is 5.06 Å². The Morgan fingerprint density at radius 2 is 2.05 bits per heavy atom. The third-order valence-corrected chi connectivity index (χ3v) is 3.54. The average molecular weight is 256 g/mol. The molecule has 19 heavy (non-hydrogen) atoms. The molecular weight excluding hydrogens is 236 g/mol. The van der Waals surface area contributed by atoms with Gasteiger partial charge in [0.15, 0.2) is 0 Å². The second-order valence-electron chi connectivity index (χ2n) is 4.90. The fraction of sp³-hybridized carbons (Fsp3) is 0.375. The zero-order chi connectivity index (χ0) is 13.1. The Morgan fingerprint density at radius 3 is 2.95 bits per heavy atom. The minimum absolute atomic E-state index is 0.164. The molecule has 3 heteroatoms. The van der Waals surface area contributed by atoms with E-state index in [-0.39, 0.29) is 6.17 Å². The third-order valence-electron chi connectivity index (χ3n) is 3.54. The van der Waals surface area contributed by atoms with Crippen LogP contribution in [-0.4, -0.2) is 24.8 Å². The van der Waals surface area contributed by atoms with E-state index < -0.39 is 0 Å². The van der Waals surface area contributed by atoms with Crippen LogP contribution in [0, 0.1) is 0 Å². The molecule has 0 bridgehead atoms. The van der Waals surface area contributed by atoms with Gasteiger partial charge in [0, 0.05) is 13.1 Å². The lowest BCUT2D eigenvalue weighted by molar-refractivity contribution is -0.172. The van der Waals surface area contributed by atoms with Crippen molar-refractivity contribution in [3.05, 3.63) is 48.0 Å². The first kappa shape index (κ1) is 12.6. The van der Waals surface area contributed by atoms with Gasteiger partial charge >= 0.3 is 0 Å². The van der Waals surface area contributed by atoms with Crippen molar-refractivity contribution in [2.45, 2.75) is 19.5 Å². The molecule has 0 radical (unpaired) electrons. The molecule has 3 rings (SSSR count). The van der Waals surface area contributed by atoms with E-state index in [2.05, 4.69) is 59.8 Å². The molecule has 1 atom stereocenters. The Bertz CT molecular complexity index is 550. The first-order valence-electron chi connectivity index (χ1n) is 7.01. The fourth-order valence-electron chi connectivity index (χ4n) is 2.64. The summed E-state index contributed by atoms with van der Waals surface area (Å²) in [5.41, 5.74) is 1.30. The van der Waals surface area contributed by atoms with Gasteiger partial charge in [-0.05, 0) is 22.8 Å². The summed E-state index contributed by atoms with van der Waals surface area (Å²) in [6.45, 7) is 4.82. The predicted molar refractivity (Wildman–Crippen MR) is 77.6 cm³/mol. The molecular formula is C16H20N2O. The lowest BCUT2D eigenvalue weighted by atomic mass is 10.0. The second kappa shape index (κ2) is 5.70. The molecule has 0 amide bonds. The van der Waals surface area contributed by atoms with Crippen LogP contribution in [0.5, 0.6) is 0 Å². The van der Waals surface area contributed by atoms with Gasteiger partial charge in [-0.15, -0.1) is 0 Å². The highest BCUT2D eigenvalue weighted by Gasteiger charge is 2.27. The molecule has 0 aliphatic carbocycles. The largest absolute Gasteiger partial charge is 0.297 e. The number of fused-ring (bicyclic) bond motifs is 1. The van der Waals surface area contributed by atoms with Crippen molar-refractivity contribution in [1.29, 1.82) is 0 Å². The molecule has 3 nitrogen and oxygen atoms in total. The molecule has 100 valence electrons. The number of nitrogens with zero attached hydrogens (tertiary/aromatic N) is 1. The van der Waals surface area contributed by atoms with Gasteiger partial charge < -0.3 is 0 Å². The number of nitrogens with one attached hydrogen (secondary N) is 1. The lowest BCUT2D eigenvalue weighted by Gasteiger charge is -2.24. The minimum atomic E-state index is 0.164. The van der Waals surface area contributed by atoms with Crippen LogP contribution in [0.3, 0.4) is 0 Å². The van der Waals surface area contributed by atoms with Crippen LogP contribution >= 0.6 is 0 Å². The maximum absolute atomic E-state index is 5.84. The Labute approximate surface area is 114 Å². The summed E-state index contributed by atoms with van der Waals surface area (Å²) in [6, 6.07) is 15.0. The molecule has 2 aromatic rings. The van der Waals surface area contributed by atoms with Crippen LogP contribution in [0.2, 0.25) is 0 Å². The van der Waals surface area contributed by atoms with Crippen LogP contribution in [0.15, 0.2) is 42.5 Å². The monoisotopic (exact) mass is 256 g/mol. The van der Waals surface area contributed by atoms with E-state index in [1.54, 1.807) is 0 Å². The lowest BCUT2D eigenvalue weighted by Crippen LogP contribution is -2.28. The quantitative estimate of drug-likeness (QED) is 0.909. The van der Waals surface area contributed by atoms with Crippen molar-refractivity contribution in [1.82, 2.24) is 10.4 Å². The van der Waals surface area contributed by atoms with Crippen molar-refractivity contribution in [2.24, 2.45) is 0 Å². The molecule has 2 aromatic carbocycles. The fourth-order valence-corrected chi connectivity index (χ4v) is 2.64. The van der Waals surface area contributed by atoms with Crippen molar-refractivity contribution < 1.29 is 4.84 Å². The molecule has 0 aromatic heterocycles. The molecule has 0 saturated carbocycles. The van der Waals surface area contributed by atoms with Gasteiger partial charge in [0.1, 0.15) is 6.17 Å². The van der Waals surface area contributed by atoms with E-state index in [1.165, 1.54) is 16.3 Å². The standard InChI is InChI=1S/C16H20N2O/c1-2-12-19-18-11-10-17-16(18)15-9-5-7-13-6-3-4-8-14(13)15/h3-9,16-17H,2,10-12H2,1H3. The maximum Gasteiger partial charge on any atom is 0.111 e. The summed E-state index contributed by atoms with van der Waals surface area (Å²) >= 11 is 0. The van der Waals surface area contributed by atoms with Gasteiger partial charge in [0.2, 0.25) is 0 Å². The molecule has 0 spiro atoms. The van der Waals surface area contributed by atoms with Crippen LogP contribution in [0.4, 0.5) is 0 Å². The second-order valence-corrected chi connectivity index (χ2v) is 4.90. The summed E-state index contributed by atoms with van der Waals surface area (Å²) in [6.07, 6.45) is 1.20. The number of benzene rings is 2. The van der Waals surface area contributed by atoms with Gasteiger partial charge in [0.05, 0.1) is 6.61 Å². The van der Waals surface area contributed by atoms with E-state index in [9.17, 15) is 0 Å². The molecule has 1 heterocycles. The van der Waals surface area contributed by atoms with Crippen molar-refractivity contribution in [3.63, 3.8) is 0 Å². The first-order valence-corrected chi connectivity index (χ1v) is 7.01. The normalized spacial score (nSPS) is 20.2. The summed E-state index contributed by atoms with van der Waals surface area (Å²) < 4.78 is 0. The van der Waals surface area contributed by atoms with E-state index in [0.29, 0.717) is 0 Å². The number of hydroxylamine groups is 2. The van der Waals surface area contributed by atoms with Gasteiger partial charge in [0.25, 0.3) is 0 Å². The minimum Gasteiger partial charge on any atom is -0.297 e. The SMILES string of the molecule is CCCON1CCNC1c1cccc2ccccc12. The van der Waals surface area contributed by atoms with Gasteiger partial charge in [-0.25, -0.2) is 0 Å². The summed E-state index contributed by atoms with van der Waals surface area (Å²) in [5.74, 6) is 0. The van der Waals surface area contributed by atoms with Crippen molar-refractivity contribution in [3.8, 4) is 0 Å². The number of rotatable bonds is 4.